The number of benzene rings is 6. The second-order valence-electron chi connectivity index (χ2n) is 33.1. The van der Waals surface area contributed by atoms with E-state index in [4.69, 9.17) is 29.4 Å². The molecule has 8 atom stereocenters. The standard InChI is InChI=1S/C102H114N6O4.Zn/c1-5-7-9-11-13-15-17-19-27-33-85-91-55-59-95(103-91)99(77-41-37-75(38-42-77)69-111-101(109)79-47-51-83(52-48-79)107-65-87-71(3)63-81(89(87)67-107)45-35-73-29-23-21-24-30-73)97-61-57-93(105-97)86(34-28-20-18-16-14-12-10-8-6-2)94-58-62-98(106-94)100(96-60-56-92(85)104-96)78-43-39-76(40-44-78)70-112-102(110)80-49-53-84(54-50-80)108-66-88-72(4)64-82(90(88)68-108)46-36-74-31-25-22-26-32-74;/h21-26,29-32,35-62,71-72,81-82,87-90H,5-20,27-28,33-34,63-70H2,1-4H3;/q-2;+2/b45-35+,46-36+,91-85?,92-85?,93-86?,94-86?,99-95?,99-97?,100-96?,100-98?;/t71-,72-,81+,82+,87-,88-,89+,90+;/m0./s1. The fraction of sp³-hybridized carbons (Fsp3) is 0.392. The Bertz CT molecular complexity index is 4630. The molecule has 578 valence electrons. The molecule has 0 amide bonds. The molecule has 0 N–H and O–H groups in total. The second-order valence-corrected chi connectivity index (χ2v) is 33.1. The normalized spacial score (nSPS) is 19.5. The van der Waals surface area contributed by atoms with E-state index in [0.717, 1.165) is 165 Å². The first kappa shape index (κ1) is 80.2. The summed E-state index contributed by atoms with van der Waals surface area (Å²) in [4.78, 5) is 55.1. The van der Waals surface area contributed by atoms with Crippen LogP contribution in [0.25, 0.3) is 80.8 Å². The van der Waals surface area contributed by atoms with Crippen molar-refractivity contribution in [3.63, 3.8) is 0 Å². The number of carbonyl (C=O) groups is 2. The van der Waals surface area contributed by atoms with Gasteiger partial charge in [0.15, 0.2) is 0 Å². The van der Waals surface area contributed by atoms with Crippen LogP contribution in [-0.4, -0.2) is 48.1 Å². The SMILES string of the molecule is CCCCCCCCCCCc1c2nc(c(-c3ccc(COC(=O)c4ccc(N5C[C@@H]6[C@H](C5)[C@H](/C=C/c5ccccc5)C[C@@H]6C)cc4)cc3)c3ccc([n-]3)c(CCCCCCCCCCC)c3nc(c(-c4ccc(COC(=O)c5ccc(N6C[C@@H]7[C@H](C6)[C@H](/C=C/c6ccccc6)C[C@@H]7C)cc5)cc4)c4ccc1[n-]4)C=C3)C=C2.[Zn+2]. The number of carbonyl (C=O) groups excluding carboxylic acids is 2. The molecule has 113 heavy (non-hydrogen) atoms. The number of aromatic nitrogens is 4. The van der Waals surface area contributed by atoms with Gasteiger partial charge in [0.05, 0.1) is 33.9 Å². The molecule has 4 aliphatic heterocycles. The summed E-state index contributed by atoms with van der Waals surface area (Å²) in [6.07, 6.45) is 44.5. The van der Waals surface area contributed by atoms with Crippen molar-refractivity contribution in [2.75, 3.05) is 36.0 Å². The molecule has 7 heterocycles. The molecule has 4 fully saturated rings. The van der Waals surface area contributed by atoms with E-state index >= 15 is 0 Å². The van der Waals surface area contributed by atoms with Gasteiger partial charge in [0.1, 0.15) is 13.2 Å². The number of rotatable bonds is 34. The van der Waals surface area contributed by atoms with Gasteiger partial charge >= 0.3 is 31.4 Å². The van der Waals surface area contributed by atoms with Crippen LogP contribution in [0.15, 0.2) is 194 Å². The van der Waals surface area contributed by atoms with Crippen LogP contribution >= 0.6 is 0 Å². The van der Waals surface area contributed by atoms with Crippen LogP contribution < -0.4 is 19.8 Å². The smallest absolute Gasteiger partial charge is 0.657 e. The summed E-state index contributed by atoms with van der Waals surface area (Å²) in [7, 11) is 0. The number of aryl methyl sites for hydroxylation is 2. The maximum atomic E-state index is 13.8. The van der Waals surface area contributed by atoms with Gasteiger partial charge in [0, 0.05) is 37.6 Å². The number of hydrogen-bond donors (Lipinski definition) is 0. The zero-order valence-electron chi connectivity index (χ0n) is 67.4. The molecule has 8 bridgehead atoms. The predicted molar refractivity (Wildman–Crippen MR) is 465 cm³/mol. The van der Waals surface area contributed by atoms with Crippen LogP contribution in [0.3, 0.4) is 0 Å². The minimum Gasteiger partial charge on any atom is -0.657 e. The van der Waals surface area contributed by atoms with E-state index in [1.54, 1.807) is 0 Å². The fourth-order valence-corrected chi connectivity index (χ4v) is 19.0. The Morgan fingerprint density at radius 3 is 1.12 bits per heavy atom. The average molecular weight is 1550 g/mol. The van der Waals surface area contributed by atoms with Gasteiger partial charge in [0.2, 0.25) is 0 Å². The molecule has 6 aliphatic rings. The first-order valence-electron chi connectivity index (χ1n) is 42.8. The summed E-state index contributed by atoms with van der Waals surface area (Å²) in [5.74, 6) is 4.33. The molecule has 2 aliphatic carbocycles. The van der Waals surface area contributed by atoms with Crippen molar-refractivity contribution in [3.8, 4) is 22.3 Å². The third-order valence-electron chi connectivity index (χ3n) is 25.4. The number of esters is 2. The van der Waals surface area contributed by atoms with E-state index in [1.165, 1.54) is 114 Å². The van der Waals surface area contributed by atoms with Crippen molar-refractivity contribution in [1.29, 1.82) is 0 Å². The van der Waals surface area contributed by atoms with Crippen molar-refractivity contribution in [1.82, 2.24) is 19.9 Å². The number of anilines is 2. The van der Waals surface area contributed by atoms with Crippen molar-refractivity contribution >= 4 is 81.8 Å². The zero-order valence-corrected chi connectivity index (χ0v) is 70.3. The summed E-state index contributed by atoms with van der Waals surface area (Å²) in [5, 5.41) is 0. The Morgan fingerprint density at radius 2 is 0.743 bits per heavy atom. The number of hydrogen-bond acceptors (Lipinski definition) is 8. The molecular formula is C102H114N6O4Zn. The maximum Gasteiger partial charge on any atom is 2.00 e. The molecule has 2 saturated heterocycles. The molecule has 3 aromatic heterocycles. The molecule has 0 radical (unpaired) electrons. The number of fused-ring (bicyclic) bond motifs is 10. The summed E-state index contributed by atoms with van der Waals surface area (Å²) in [5.41, 5.74) is 20.9. The maximum absolute atomic E-state index is 13.8. The number of unbranched alkanes of at least 4 members (excludes halogenated alkanes) is 16. The Balaban J connectivity index is 0.0000106. The van der Waals surface area contributed by atoms with Gasteiger partial charge in [-0.3, -0.25) is 0 Å². The third-order valence-corrected chi connectivity index (χ3v) is 25.4. The van der Waals surface area contributed by atoms with E-state index in [1.807, 2.05) is 24.3 Å². The summed E-state index contributed by atoms with van der Waals surface area (Å²) in [6.45, 7) is 13.8. The van der Waals surface area contributed by atoms with Crippen molar-refractivity contribution in [2.45, 2.75) is 182 Å². The van der Waals surface area contributed by atoms with Crippen LogP contribution in [0.2, 0.25) is 0 Å². The summed E-state index contributed by atoms with van der Waals surface area (Å²) in [6, 6.07) is 62.9. The van der Waals surface area contributed by atoms with E-state index in [0.29, 0.717) is 58.5 Å². The molecule has 0 unspecified atom stereocenters. The van der Waals surface area contributed by atoms with Gasteiger partial charge in [-0.1, -0.05) is 288 Å². The Morgan fingerprint density at radius 1 is 0.398 bits per heavy atom. The van der Waals surface area contributed by atoms with Crippen LogP contribution in [0.1, 0.15) is 233 Å². The van der Waals surface area contributed by atoms with Gasteiger partial charge in [0.25, 0.3) is 0 Å². The van der Waals surface area contributed by atoms with E-state index < -0.39 is 0 Å². The minimum atomic E-state index is -0.335. The van der Waals surface area contributed by atoms with E-state index in [2.05, 4.69) is 244 Å². The number of allylic oxidation sites excluding steroid dienone is 2. The molecule has 10 nitrogen and oxygen atoms in total. The molecule has 6 aromatic carbocycles. The van der Waals surface area contributed by atoms with Crippen LogP contribution in [-0.2, 0) is 55.0 Å². The number of ether oxygens (including phenoxy) is 2. The van der Waals surface area contributed by atoms with Crippen molar-refractivity contribution in [3.05, 3.63) is 261 Å². The Kier molecular flexibility index (Phi) is 27.7. The Hall–Kier alpha value is -9.44. The van der Waals surface area contributed by atoms with Crippen LogP contribution in [0.5, 0.6) is 0 Å². The minimum absolute atomic E-state index is 0. The van der Waals surface area contributed by atoms with Gasteiger partial charge in [-0.15, -0.1) is 22.1 Å². The topological polar surface area (TPSA) is 113 Å². The Labute approximate surface area is 684 Å². The zero-order chi connectivity index (χ0) is 76.5. The van der Waals surface area contributed by atoms with Gasteiger partial charge < -0.3 is 29.2 Å². The third kappa shape index (κ3) is 19.9. The molecule has 9 aromatic rings. The molecular weight excluding hydrogens is 1440 g/mol. The molecule has 15 rings (SSSR count). The number of nitrogens with zero attached hydrogens (tertiary/aromatic N) is 6. The average Bonchev–Trinajstić information content (AvgIpc) is 1.64. The second kappa shape index (κ2) is 39.1. The van der Waals surface area contributed by atoms with Gasteiger partial charge in [-0.25, -0.2) is 19.6 Å². The van der Waals surface area contributed by atoms with Crippen molar-refractivity contribution < 1.29 is 38.5 Å². The molecule has 0 spiro atoms. The van der Waals surface area contributed by atoms with Gasteiger partial charge in [-0.2, -0.15) is 0 Å². The predicted octanol–water partition coefficient (Wildman–Crippen LogP) is 24.9. The van der Waals surface area contributed by atoms with Crippen LogP contribution in [0, 0.1) is 47.3 Å². The molecule has 11 heteroatoms. The fourth-order valence-electron chi connectivity index (χ4n) is 19.0. The largest absolute Gasteiger partial charge is 2.00 e. The van der Waals surface area contributed by atoms with Crippen LogP contribution in [0.4, 0.5) is 11.4 Å². The quantitative estimate of drug-likeness (QED) is 0.0219. The molecule has 2 saturated carbocycles. The first-order valence-corrected chi connectivity index (χ1v) is 42.8. The van der Waals surface area contributed by atoms with Gasteiger partial charge in [-0.05, 0) is 214 Å². The summed E-state index contributed by atoms with van der Waals surface area (Å²) >= 11 is 0. The van der Waals surface area contributed by atoms with E-state index in [9.17, 15) is 9.59 Å². The first-order chi connectivity index (χ1) is 55.1. The van der Waals surface area contributed by atoms with E-state index in [-0.39, 0.29) is 44.6 Å². The van der Waals surface area contributed by atoms with Crippen molar-refractivity contribution in [2.24, 2.45) is 47.3 Å². The summed E-state index contributed by atoms with van der Waals surface area (Å²) < 4.78 is 12.1. The monoisotopic (exact) mass is 1550 g/mol.